The predicted molar refractivity (Wildman–Crippen MR) is 87.4 cm³/mol. The Kier molecular flexibility index (Phi) is 3.66. The zero-order valence-electron chi connectivity index (χ0n) is 14.3. The molecule has 1 N–H and O–H groups in total. The minimum Gasteiger partial charge on any atom is -0.351 e. The smallest absolute Gasteiger partial charge is 0.224 e. The van der Waals surface area contributed by atoms with Crippen molar-refractivity contribution in [2.24, 2.45) is 17.3 Å². The van der Waals surface area contributed by atoms with Crippen LogP contribution in [0.5, 0.6) is 0 Å². The predicted octanol–water partition coefficient (Wildman–Crippen LogP) is 2.86. The number of hydrogen-bond donors (Lipinski definition) is 1. The Hall–Kier alpha value is -1.58. The molecule has 4 heteroatoms. The first-order valence-electron chi connectivity index (χ1n) is 8.27. The lowest BCUT2D eigenvalue weighted by Crippen LogP contribution is -2.42. The van der Waals surface area contributed by atoms with Crippen LogP contribution in [0, 0.1) is 24.2 Å². The van der Waals surface area contributed by atoms with Crippen molar-refractivity contribution in [1.29, 1.82) is 0 Å². The fourth-order valence-electron chi connectivity index (χ4n) is 3.84. The number of aromatic nitrogens is 2. The van der Waals surface area contributed by atoms with E-state index >= 15 is 0 Å². The minimum atomic E-state index is 0.0901. The van der Waals surface area contributed by atoms with Crippen LogP contribution in [0.4, 0.5) is 0 Å². The van der Waals surface area contributed by atoms with Gasteiger partial charge in [0, 0.05) is 25.2 Å². The summed E-state index contributed by atoms with van der Waals surface area (Å²) in [5.41, 5.74) is 2.45. The Morgan fingerprint density at radius 1 is 1.45 bits per heavy atom. The van der Waals surface area contributed by atoms with Crippen molar-refractivity contribution in [3.05, 3.63) is 29.4 Å². The molecule has 2 heterocycles. The molecule has 1 fully saturated rings. The van der Waals surface area contributed by atoms with Gasteiger partial charge in [-0.2, -0.15) is 0 Å². The van der Waals surface area contributed by atoms with Crippen molar-refractivity contribution in [2.75, 3.05) is 0 Å². The second-order valence-corrected chi connectivity index (χ2v) is 7.76. The highest BCUT2D eigenvalue weighted by Crippen LogP contribution is 2.59. The summed E-state index contributed by atoms with van der Waals surface area (Å²) in [6.45, 7) is 11.5. The Balaban J connectivity index is 1.63. The van der Waals surface area contributed by atoms with Crippen LogP contribution >= 0.6 is 0 Å². The molecule has 0 aromatic carbocycles. The van der Waals surface area contributed by atoms with Gasteiger partial charge < -0.3 is 9.88 Å². The van der Waals surface area contributed by atoms with Crippen LogP contribution in [-0.4, -0.2) is 21.5 Å². The second-order valence-electron chi connectivity index (χ2n) is 7.76. The molecule has 1 aliphatic heterocycles. The van der Waals surface area contributed by atoms with Crippen LogP contribution in [0.2, 0.25) is 0 Å². The molecule has 1 amide bonds. The molecule has 0 saturated heterocycles. The van der Waals surface area contributed by atoms with Gasteiger partial charge in [-0.3, -0.25) is 4.79 Å². The van der Waals surface area contributed by atoms with Gasteiger partial charge >= 0.3 is 0 Å². The number of carbonyl (C=O) groups is 1. The molecule has 0 unspecified atom stereocenters. The van der Waals surface area contributed by atoms with Gasteiger partial charge in [0.25, 0.3) is 0 Å². The third-order valence-electron chi connectivity index (χ3n) is 5.17. The molecule has 4 nitrogen and oxygen atoms in total. The lowest BCUT2D eigenvalue weighted by molar-refractivity contribution is -0.124. The van der Waals surface area contributed by atoms with Gasteiger partial charge in [-0.15, -0.1) is 0 Å². The summed E-state index contributed by atoms with van der Waals surface area (Å²) in [6, 6.07) is 0.234. The van der Waals surface area contributed by atoms with Crippen molar-refractivity contribution in [1.82, 2.24) is 14.9 Å². The zero-order valence-corrected chi connectivity index (χ0v) is 14.3. The third kappa shape index (κ3) is 2.71. The zero-order chi connectivity index (χ0) is 16.1. The summed E-state index contributed by atoms with van der Waals surface area (Å²) in [7, 11) is 0. The Morgan fingerprint density at radius 2 is 2.18 bits per heavy atom. The van der Waals surface area contributed by atoms with E-state index in [4.69, 9.17) is 0 Å². The summed E-state index contributed by atoms with van der Waals surface area (Å²) in [4.78, 5) is 17.2. The number of aryl methyl sites for hydroxylation is 2. The largest absolute Gasteiger partial charge is 0.351 e. The van der Waals surface area contributed by atoms with Gasteiger partial charge in [0.15, 0.2) is 0 Å². The van der Waals surface area contributed by atoms with Crippen LogP contribution in [0.1, 0.15) is 45.6 Å². The minimum absolute atomic E-state index is 0.0901. The maximum absolute atomic E-state index is 12.6. The van der Waals surface area contributed by atoms with Crippen molar-refractivity contribution in [3.8, 4) is 0 Å². The van der Waals surface area contributed by atoms with Crippen LogP contribution in [0.25, 0.3) is 0 Å². The van der Waals surface area contributed by atoms with E-state index in [1.165, 1.54) is 5.57 Å². The van der Waals surface area contributed by atoms with E-state index in [0.717, 1.165) is 30.9 Å². The molecule has 0 bridgehead atoms. The van der Waals surface area contributed by atoms with Crippen LogP contribution in [0.15, 0.2) is 17.8 Å². The number of hydrogen-bond acceptors (Lipinski definition) is 2. The Morgan fingerprint density at radius 3 is 2.86 bits per heavy atom. The van der Waals surface area contributed by atoms with E-state index in [-0.39, 0.29) is 23.3 Å². The number of allylic oxidation sites excluding steroid dienone is 2. The monoisotopic (exact) mass is 301 g/mol. The number of fused-ring (bicyclic) bond motifs is 1. The van der Waals surface area contributed by atoms with Crippen LogP contribution in [-0.2, 0) is 17.8 Å². The highest BCUT2D eigenvalue weighted by atomic mass is 16.2. The Bertz CT molecular complexity index is 622. The van der Waals surface area contributed by atoms with Crippen molar-refractivity contribution in [2.45, 2.75) is 60.0 Å². The third-order valence-corrected chi connectivity index (χ3v) is 5.17. The van der Waals surface area contributed by atoms with E-state index in [1.54, 1.807) is 0 Å². The molecule has 120 valence electrons. The molecule has 0 spiro atoms. The summed E-state index contributed by atoms with van der Waals surface area (Å²) in [5.74, 6) is 1.87. The molecule has 1 aromatic heterocycles. The number of nitrogens with zero attached hydrogens (tertiary/aromatic N) is 2. The topological polar surface area (TPSA) is 46.9 Å². The lowest BCUT2D eigenvalue weighted by Gasteiger charge is -2.25. The molecule has 3 atom stereocenters. The van der Waals surface area contributed by atoms with Gasteiger partial charge in [-0.25, -0.2) is 4.98 Å². The number of carbonyl (C=O) groups excluding carboxylic acids is 1. The fraction of sp³-hybridized carbons (Fsp3) is 0.667. The van der Waals surface area contributed by atoms with E-state index in [9.17, 15) is 4.79 Å². The lowest BCUT2D eigenvalue weighted by atomic mass is 10.1. The average Bonchev–Trinajstić information content (AvgIpc) is 2.75. The van der Waals surface area contributed by atoms with Crippen LogP contribution < -0.4 is 5.32 Å². The molecule has 1 aliphatic carbocycles. The molecular weight excluding hydrogens is 274 g/mol. The first-order chi connectivity index (χ1) is 10.3. The van der Waals surface area contributed by atoms with Gasteiger partial charge in [-0.05, 0) is 38.5 Å². The molecule has 3 rings (SSSR count). The van der Waals surface area contributed by atoms with Crippen molar-refractivity contribution >= 4 is 5.91 Å². The van der Waals surface area contributed by atoms with Gasteiger partial charge in [0.2, 0.25) is 5.91 Å². The van der Waals surface area contributed by atoms with E-state index < -0.39 is 0 Å². The Labute approximate surface area is 133 Å². The molecule has 1 aromatic rings. The molecule has 2 aliphatic rings. The van der Waals surface area contributed by atoms with Gasteiger partial charge in [-0.1, -0.05) is 25.5 Å². The number of rotatable bonds is 3. The quantitative estimate of drug-likeness (QED) is 0.873. The SMILES string of the molecule is CC(C)=C[C@@H]1[C@@H](C(=O)N[C@@H]2CCc3nc(C)cn3C2)C1(C)C. The number of imidazole rings is 1. The number of nitrogens with one attached hydrogen (secondary N) is 1. The second kappa shape index (κ2) is 5.25. The summed E-state index contributed by atoms with van der Waals surface area (Å²) < 4.78 is 2.19. The van der Waals surface area contributed by atoms with Crippen LogP contribution in [0.3, 0.4) is 0 Å². The number of amides is 1. The molecule has 22 heavy (non-hydrogen) atoms. The van der Waals surface area contributed by atoms with E-state index in [1.807, 2.05) is 6.92 Å². The highest BCUT2D eigenvalue weighted by molar-refractivity contribution is 5.84. The normalized spacial score (nSPS) is 28.7. The van der Waals surface area contributed by atoms with Crippen molar-refractivity contribution in [3.63, 3.8) is 0 Å². The highest BCUT2D eigenvalue weighted by Gasteiger charge is 2.60. The summed E-state index contributed by atoms with van der Waals surface area (Å²) in [6.07, 6.45) is 6.27. The standard InChI is InChI=1S/C18H27N3O/c1-11(2)8-14-16(18(14,4)5)17(22)20-13-6-7-15-19-12(3)9-21(15)10-13/h8-9,13-14,16H,6-7,10H2,1-5H3,(H,20,22)/t13-,14-,16+/m1/s1. The maximum atomic E-state index is 12.6. The fourth-order valence-corrected chi connectivity index (χ4v) is 3.84. The van der Waals surface area contributed by atoms with Gasteiger partial charge in [0.1, 0.15) is 5.82 Å². The van der Waals surface area contributed by atoms with Crippen molar-refractivity contribution < 1.29 is 4.79 Å². The average molecular weight is 301 g/mol. The van der Waals surface area contributed by atoms with E-state index in [2.05, 4.69) is 54.8 Å². The maximum Gasteiger partial charge on any atom is 0.224 e. The van der Waals surface area contributed by atoms with Gasteiger partial charge in [0.05, 0.1) is 11.6 Å². The molecule has 0 radical (unpaired) electrons. The van der Waals surface area contributed by atoms with E-state index in [0.29, 0.717) is 5.92 Å². The summed E-state index contributed by atoms with van der Waals surface area (Å²) in [5, 5.41) is 3.27. The summed E-state index contributed by atoms with van der Waals surface area (Å²) >= 11 is 0. The first kappa shape index (κ1) is 15.3. The first-order valence-corrected chi connectivity index (χ1v) is 8.27. The molecule has 1 saturated carbocycles. The molecular formula is C18H27N3O.